The van der Waals surface area contributed by atoms with Crippen LogP contribution in [0.4, 0.5) is 14.9 Å². The fourth-order valence-corrected chi connectivity index (χ4v) is 1.50. The molecule has 0 atom stereocenters. The lowest BCUT2D eigenvalue weighted by Gasteiger charge is -2.20. The van der Waals surface area contributed by atoms with Gasteiger partial charge < -0.3 is 15.3 Å². The number of anilines is 1. The van der Waals surface area contributed by atoms with Crippen molar-refractivity contribution in [2.75, 3.05) is 18.4 Å². The molecule has 0 radical (unpaired) electrons. The topological polar surface area (TPSA) is 69.6 Å². The van der Waals surface area contributed by atoms with E-state index in [9.17, 15) is 14.0 Å². The summed E-state index contributed by atoms with van der Waals surface area (Å²) in [6, 6.07) is 2.75. The van der Waals surface area contributed by atoms with Crippen molar-refractivity contribution in [3.63, 3.8) is 0 Å². The van der Waals surface area contributed by atoms with Crippen LogP contribution in [0.3, 0.4) is 0 Å². The van der Waals surface area contributed by atoms with Gasteiger partial charge in [0.1, 0.15) is 5.82 Å². The van der Waals surface area contributed by atoms with Gasteiger partial charge in [0.25, 0.3) is 0 Å². The molecular formula is C14H15FN2O3. The summed E-state index contributed by atoms with van der Waals surface area (Å²) in [5.41, 5.74) is -0.271. The molecule has 2 N–H and O–H groups in total. The molecule has 0 heterocycles. The van der Waals surface area contributed by atoms with Gasteiger partial charge in [-0.1, -0.05) is 12.2 Å². The molecule has 0 saturated carbocycles. The molecule has 0 bridgehead atoms. The number of benzene rings is 1. The predicted molar refractivity (Wildman–Crippen MR) is 74.3 cm³/mol. The Morgan fingerprint density at radius 3 is 2.35 bits per heavy atom. The van der Waals surface area contributed by atoms with Gasteiger partial charge in [0.05, 0.1) is 11.3 Å². The van der Waals surface area contributed by atoms with Crippen molar-refractivity contribution in [1.29, 1.82) is 0 Å². The van der Waals surface area contributed by atoms with Gasteiger partial charge in [-0.2, -0.15) is 0 Å². The molecule has 0 aliphatic rings. The minimum atomic E-state index is -1.23. The SMILES string of the molecule is C=CCN(CC=C)C(=O)Nc1ccc(C(=O)O)cc1F. The number of nitrogens with one attached hydrogen (secondary N) is 1. The van der Waals surface area contributed by atoms with Gasteiger partial charge in [-0.15, -0.1) is 13.2 Å². The number of urea groups is 1. The van der Waals surface area contributed by atoms with Gasteiger partial charge in [-0.05, 0) is 18.2 Å². The Morgan fingerprint density at radius 2 is 1.90 bits per heavy atom. The zero-order valence-corrected chi connectivity index (χ0v) is 10.8. The van der Waals surface area contributed by atoms with E-state index < -0.39 is 17.8 Å². The predicted octanol–water partition coefficient (Wildman–Crippen LogP) is 2.73. The number of halogens is 1. The number of rotatable bonds is 6. The molecule has 0 unspecified atom stereocenters. The Kier molecular flexibility index (Phi) is 5.46. The van der Waals surface area contributed by atoms with Gasteiger partial charge in [0.15, 0.2) is 0 Å². The Hall–Kier alpha value is -2.63. The standard InChI is InChI=1S/C14H15FN2O3/c1-3-7-17(8-4-2)14(20)16-12-6-5-10(13(18)19)9-11(12)15/h3-6,9H,1-2,7-8H2,(H,16,20)(H,18,19). The van der Waals surface area contributed by atoms with E-state index in [0.29, 0.717) is 0 Å². The van der Waals surface area contributed by atoms with Crippen LogP contribution in [0.2, 0.25) is 0 Å². The smallest absolute Gasteiger partial charge is 0.335 e. The van der Waals surface area contributed by atoms with Crippen LogP contribution in [0.1, 0.15) is 10.4 Å². The third-order valence-corrected chi connectivity index (χ3v) is 2.44. The fourth-order valence-electron chi connectivity index (χ4n) is 1.50. The van der Waals surface area contributed by atoms with Gasteiger partial charge in [-0.3, -0.25) is 0 Å². The highest BCUT2D eigenvalue weighted by atomic mass is 19.1. The molecule has 2 amide bonds. The Balaban J connectivity index is 2.86. The monoisotopic (exact) mass is 278 g/mol. The van der Waals surface area contributed by atoms with Gasteiger partial charge in [-0.25, -0.2) is 14.0 Å². The fraction of sp³-hybridized carbons (Fsp3) is 0.143. The molecule has 1 rings (SSSR count). The van der Waals surface area contributed by atoms with E-state index in [1.54, 1.807) is 0 Å². The van der Waals surface area contributed by atoms with Gasteiger partial charge in [0.2, 0.25) is 0 Å². The molecule has 5 nitrogen and oxygen atoms in total. The first-order valence-corrected chi connectivity index (χ1v) is 5.80. The minimum Gasteiger partial charge on any atom is -0.478 e. The molecule has 0 saturated heterocycles. The number of carboxylic acids is 1. The summed E-state index contributed by atoms with van der Waals surface area (Å²) in [7, 11) is 0. The maximum atomic E-state index is 13.7. The molecule has 0 aromatic heterocycles. The molecule has 20 heavy (non-hydrogen) atoms. The molecule has 0 aliphatic carbocycles. The highest BCUT2D eigenvalue weighted by Gasteiger charge is 2.14. The van der Waals surface area contributed by atoms with Crippen LogP contribution < -0.4 is 5.32 Å². The lowest BCUT2D eigenvalue weighted by Crippen LogP contribution is -2.35. The first kappa shape index (κ1) is 15.4. The van der Waals surface area contributed by atoms with Crippen LogP contribution in [0.15, 0.2) is 43.5 Å². The number of hydrogen-bond acceptors (Lipinski definition) is 2. The summed E-state index contributed by atoms with van der Waals surface area (Å²) >= 11 is 0. The molecule has 1 aromatic carbocycles. The normalized spacial score (nSPS) is 9.65. The summed E-state index contributed by atoms with van der Waals surface area (Å²) in [4.78, 5) is 23.9. The van der Waals surface area contributed by atoms with Crippen molar-refractivity contribution >= 4 is 17.7 Å². The summed E-state index contributed by atoms with van der Waals surface area (Å²) in [6.45, 7) is 7.62. The van der Waals surface area contributed by atoms with Crippen molar-refractivity contribution in [2.24, 2.45) is 0 Å². The summed E-state index contributed by atoms with van der Waals surface area (Å²) in [5.74, 6) is -2.04. The zero-order chi connectivity index (χ0) is 15.1. The second-order valence-corrected chi connectivity index (χ2v) is 3.91. The van der Waals surface area contributed by atoms with E-state index in [-0.39, 0.29) is 24.3 Å². The quantitative estimate of drug-likeness (QED) is 0.786. The highest BCUT2D eigenvalue weighted by Crippen LogP contribution is 2.16. The summed E-state index contributed by atoms with van der Waals surface area (Å²) in [6.07, 6.45) is 3.07. The van der Waals surface area contributed by atoms with Crippen LogP contribution in [0.5, 0.6) is 0 Å². The first-order chi connectivity index (χ1) is 9.49. The van der Waals surface area contributed by atoms with E-state index in [0.717, 1.165) is 6.07 Å². The third kappa shape index (κ3) is 3.94. The number of aromatic carboxylic acids is 1. The van der Waals surface area contributed by atoms with Gasteiger partial charge >= 0.3 is 12.0 Å². The number of hydrogen-bond donors (Lipinski definition) is 2. The second-order valence-electron chi connectivity index (χ2n) is 3.91. The first-order valence-electron chi connectivity index (χ1n) is 5.80. The number of carbonyl (C=O) groups is 2. The molecule has 0 spiro atoms. The average Bonchev–Trinajstić information content (AvgIpc) is 2.40. The molecule has 0 aliphatic heterocycles. The van der Waals surface area contributed by atoms with Crippen LogP contribution in [0, 0.1) is 5.82 Å². The third-order valence-electron chi connectivity index (χ3n) is 2.44. The van der Waals surface area contributed by atoms with Crippen LogP contribution >= 0.6 is 0 Å². The largest absolute Gasteiger partial charge is 0.478 e. The van der Waals surface area contributed by atoms with E-state index in [4.69, 9.17) is 5.11 Å². The minimum absolute atomic E-state index is 0.0851. The van der Waals surface area contributed by atoms with Crippen LogP contribution in [-0.4, -0.2) is 35.1 Å². The maximum Gasteiger partial charge on any atom is 0.335 e. The molecule has 0 fully saturated rings. The molecular weight excluding hydrogens is 263 g/mol. The molecule has 6 heteroatoms. The number of carbonyl (C=O) groups excluding carboxylic acids is 1. The number of nitrogens with zero attached hydrogens (tertiary/aromatic N) is 1. The van der Waals surface area contributed by atoms with Crippen molar-refractivity contribution in [2.45, 2.75) is 0 Å². The zero-order valence-electron chi connectivity index (χ0n) is 10.8. The maximum absolute atomic E-state index is 13.7. The van der Waals surface area contributed by atoms with E-state index in [2.05, 4.69) is 18.5 Å². The van der Waals surface area contributed by atoms with E-state index in [1.165, 1.54) is 29.2 Å². The van der Waals surface area contributed by atoms with Crippen LogP contribution in [-0.2, 0) is 0 Å². The Morgan fingerprint density at radius 1 is 1.30 bits per heavy atom. The second kappa shape index (κ2) is 7.08. The van der Waals surface area contributed by atoms with Crippen molar-refractivity contribution < 1.29 is 19.1 Å². The number of amides is 2. The van der Waals surface area contributed by atoms with E-state index in [1.807, 2.05) is 0 Å². The van der Waals surface area contributed by atoms with Crippen LogP contribution in [0.25, 0.3) is 0 Å². The summed E-state index contributed by atoms with van der Waals surface area (Å²) < 4.78 is 13.7. The molecule has 1 aromatic rings. The van der Waals surface area contributed by atoms with E-state index >= 15 is 0 Å². The lowest BCUT2D eigenvalue weighted by atomic mass is 10.2. The highest BCUT2D eigenvalue weighted by molar-refractivity contribution is 5.92. The average molecular weight is 278 g/mol. The van der Waals surface area contributed by atoms with Crippen molar-refractivity contribution in [3.8, 4) is 0 Å². The summed E-state index contributed by atoms with van der Waals surface area (Å²) in [5, 5.41) is 11.1. The van der Waals surface area contributed by atoms with Crippen molar-refractivity contribution in [1.82, 2.24) is 4.90 Å². The molecule has 106 valence electrons. The Labute approximate surface area is 116 Å². The Bertz CT molecular complexity index is 533. The lowest BCUT2D eigenvalue weighted by molar-refractivity contribution is 0.0696. The van der Waals surface area contributed by atoms with Gasteiger partial charge in [0, 0.05) is 13.1 Å². The van der Waals surface area contributed by atoms with Crippen molar-refractivity contribution in [3.05, 3.63) is 54.9 Å². The number of carboxylic acid groups (broad SMARTS) is 1.